The van der Waals surface area contributed by atoms with Gasteiger partial charge in [0.25, 0.3) is 0 Å². The third kappa shape index (κ3) is 3.56. The van der Waals surface area contributed by atoms with Crippen LogP contribution in [0.15, 0.2) is 12.4 Å². The van der Waals surface area contributed by atoms with E-state index in [2.05, 4.69) is 33.7 Å². The summed E-state index contributed by atoms with van der Waals surface area (Å²) >= 11 is 5.88. The fraction of sp³-hybridized carbons (Fsp3) is 0.692. The first-order chi connectivity index (χ1) is 8.69. The highest BCUT2D eigenvalue weighted by molar-refractivity contribution is 6.29. The number of rotatable bonds is 5. The quantitative estimate of drug-likeness (QED) is 0.820. The van der Waals surface area contributed by atoms with Crippen LogP contribution in [0.25, 0.3) is 0 Å². The SMILES string of the molecule is CCCN(C)C[C@@H]1CCN(c2cncc(Cl)n2)C1. The molecule has 0 unspecified atom stereocenters. The van der Waals surface area contributed by atoms with Gasteiger partial charge in [-0.25, -0.2) is 4.98 Å². The van der Waals surface area contributed by atoms with Crippen molar-refractivity contribution in [3.05, 3.63) is 17.5 Å². The number of nitrogens with zero attached hydrogens (tertiary/aromatic N) is 4. The zero-order valence-electron chi connectivity index (χ0n) is 11.1. The lowest BCUT2D eigenvalue weighted by molar-refractivity contribution is 0.287. The minimum Gasteiger partial charge on any atom is -0.355 e. The van der Waals surface area contributed by atoms with Gasteiger partial charge < -0.3 is 9.80 Å². The maximum absolute atomic E-state index is 5.88. The standard InChI is InChI=1S/C13H21ClN4/c1-3-5-17(2)9-11-4-6-18(10-11)13-8-15-7-12(14)16-13/h7-8,11H,3-6,9-10H2,1-2H3/t11-/m0/s1. The number of hydrogen-bond donors (Lipinski definition) is 0. The first-order valence-corrected chi connectivity index (χ1v) is 6.98. The minimum absolute atomic E-state index is 0.471. The van der Waals surface area contributed by atoms with Crippen molar-refractivity contribution in [3.8, 4) is 0 Å². The van der Waals surface area contributed by atoms with Crippen molar-refractivity contribution in [1.29, 1.82) is 0 Å². The first kappa shape index (κ1) is 13.6. The molecular formula is C13H21ClN4. The normalized spacial score (nSPS) is 19.8. The maximum Gasteiger partial charge on any atom is 0.149 e. The van der Waals surface area contributed by atoms with Crippen molar-refractivity contribution in [1.82, 2.24) is 14.9 Å². The summed E-state index contributed by atoms with van der Waals surface area (Å²) in [5.41, 5.74) is 0. The molecule has 5 heteroatoms. The van der Waals surface area contributed by atoms with Crippen LogP contribution < -0.4 is 4.90 Å². The summed E-state index contributed by atoms with van der Waals surface area (Å²) in [6, 6.07) is 0. The number of aromatic nitrogens is 2. The van der Waals surface area contributed by atoms with E-state index in [1.807, 2.05) is 0 Å². The highest BCUT2D eigenvalue weighted by Gasteiger charge is 2.24. The lowest BCUT2D eigenvalue weighted by Gasteiger charge is -2.21. The van der Waals surface area contributed by atoms with Crippen molar-refractivity contribution < 1.29 is 0 Å². The van der Waals surface area contributed by atoms with Gasteiger partial charge in [0, 0.05) is 19.6 Å². The summed E-state index contributed by atoms with van der Waals surface area (Å²) < 4.78 is 0. The van der Waals surface area contributed by atoms with Gasteiger partial charge in [-0.3, -0.25) is 4.98 Å². The Labute approximate surface area is 114 Å². The molecule has 1 aliphatic rings. The summed E-state index contributed by atoms with van der Waals surface area (Å²) in [5.74, 6) is 1.63. The predicted octanol–water partition coefficient (Wildman–Crippen LogP) is 2.30. The third-order valence-electron chi connectivity index (χ3n) is 3.38. The van der Waals surface area contributed by atoms with Gasteiger partial charge in [-0.15, -0.1) is 0 Å². The Morgan fingerprint density at radius 2 is 2.33 bits per heavy atom. The highest BCUT2D eigenvalue weighted by atomic mass is 35.5. The van der Waals surface area contributed by atoms with Crippen LogP contribution in [0, 0.1) is 5.92 Å². The molecule has 0 spiro atoms. The Bertz CT molecular complexity index is 385. The molecule has 4 nitrogen and oxygen atoms in total. The summed E-state index contributed by atoms with van der Waals surface area (Å²) in [6.07, 6.45) is 5.81. The largest absolute Gasteiger partial charge is 0.355 e. The summed E-state index contributed by atoms with van der Waals surface area (Å²) in [7, 11) is 2.20. The van der Waals surface area contributed by atoms with E-state index in [4.69, 9.17) is 11.6 Å². The molecule has 0 amide bonds. The van der Waals surface area contributed by atoms with Gasteiger partial charge >= 0.3 is 0 Å². The minimum atomic E-state index is 0.471. The zero-order chi connectivity index (χ0) is 13.0. The lowest BCUT2D eigenvalue weighted by atomic mass is 10.1. The Kier molecular flexibility index (Phi) is 4.78. The van der Waals surface area contributed by atoms with E-state index in [-0.39, 0.29) is 0 Å². The Morgan fingerprint density at radius 1 is 1.50 bits per heavy atom. The molecule has 2 heterocycles. The van der Waals surface area contributed by atoms with Crippen LogP contribution in [0.4, 0.5) is 5.82 Å². The fourth-order valence-electron chi connectivity index (χ4n) is 2.59. The number of halogens is 1. The molecule has 1 aromatic heterocycles. The van der Waals surface area contributed by atoms with Gasteiger partial charge in [0.2, 0.25) is 0 Å². The van der Waals surface area contributed by atoms with Crippen LogP contribution in [0.3, 0.4) is 0 Å². The van der Waals surface area contributed by atoms with Gasteiger partial charge in [-0.05, 0) is 32.4 Å². The van der Waals surface area contributed by atoms with Crippen LogP contribution in [0.5, 0.6) is 0 Å². The first-order valence-electron chi connectivity index (χ1n) is 6.60. The van der Waals surface area contributed by atoms with E-state index >= 15 is 0 Å². The van der Waals surface area contributed by atoms with E-state index in [0.29, 0.717) is 5.15 Å². The zero-order valence-corrected chi connectivity index (χ0v) is 11.9. The molecule has 1 aliphatic heterocycles. The van der Waals surface area contributed by atoms with Gasteiger partial charge in [-0.2, -0.15) is 0 Å². The van der Waals surface area contributed by atoms with Crippen LogP contribution in [-0.2, 0) is 0 Å². The molecule has 1 atom stereocenters. The van der Waals surface area contributed by atoms with Crippen molar-refractivity contribution in [3.63, 3.8) is 0 Å². The second-order valence-corrected chi connectivity index (χ2v) is 5.45. The highest BCUT2D eigenvalue weighted by Crippen LogP contribution is 2.23. The van der Waals surface area contributed by atoms with Crippen molar-refractivity contribution in [2.75, 3.05) is 38.1 Å². The average Bonchev–Trinajstić information content (AvgIpc) is 2.78. The van der Waals surface area contributed by atoms with E-state index in [9.17, 15) is 0 Å². The van der Waals surface area contributed by atoms with E-state index in [1.54, 1.807) is 12.4 Å². The summed E-state index contributed by atoms with van der Waals surface area (Å²) in [5, 5.41) is 0.471. The molecule has 0 bridgehead atoms. The second kappa shape index (κ2) is 6.34. The van der Waals surface area contributed by atoms with Crippen LogP contribution in [-0.4, -0.2) is 48.1 Å². The smallest absolute Gasteiger partial charge is 0.149 e. The summed E-state index contributed by atoms with van der Waals surface area (Å²) in [4.78, 5) is 13.1. The topological polar surface area (TPSA) is 32.3 Å². The third-order valence-corrected chi connectivity index (χ3v) is 3.56. The molecule has 0 radical (unpaired) electrons. The van der Waals surface area contributed by atoms with Gasteiger partial charge in [0.15, 0.2) is 0 Å². The molecule has 1 fully saturated rings. The van der Waals surface area contributed by atoms with E-state index in [1.165, 1.54) is 25.9 Å². The Morgan fingerprint density at radius 3 is 3.06 bits per heavy atom. The van der Waals surface area contributed by atoms with Gasteiger partial charge in [0.1, 0.15) is 11.0 Å². The molecule has 18 heavy (non-hydrogen) atoms. The fourth-order valence-corrected chi connectivity index (χ4v) is 2.73. The molecule has 0 aromatic carbocycles. The number of hydrogen-bond acceptors (Lipinski definition) is 4. The molecule has 2 rings (SSSR count). The van der Waals surface area contributed by atoms with E-state index in [0.717, 1.165) is 24.8 Å². The van der Waals surface area contributed by atoms with Crippen molar-refractivity contribution in [2.24, 2.45) is 5.92 Å². The van der Waals surface area contributed by atoms with Crippen LogP contribution >= 0.6 is 11.6 Å². The molecule has 0 aliphatic carbocycles. The van der Waals surface area contributed by atoms with Crippen LogP contribution in [0.2, 0.25) is 5.15 Å². The molecule has 1 saturated heterocycles. The maximum atomic E-state index is 5.88. The predicted molar refractivity (Wildman–Crippen MR) is 75.2 cm³/mol. The number of anilines is 1. The molecule has 1 aromatic rings. The van der Waals surface area contributed by atoms with Crippen molar-refractivity contribution >= 4 is 17.4 Å². The summed E-state index contributed by atoms with van der Waals surface area (Å²) in [6.45, 7) is 6.67. The molecule has 0 saturated carbocycles. The Balaban J connectivity index is 1.88. The van der Waals surface area contributed by atoms with E-state index < -0.39 is 0 Å². The monoisotopic (exact) mass is 268 g/mol. The van der Waals surface area contributed by atoms with Crippen LogP contribution in [0.1, 0.15) is 19.8 Å². The Hall–Kier alpha value is -0.870. The molecule has 100 valence electrons. The molecule has 0 N–H and O–H groups in total. The average molecular weight is 269 g/mol. The second-order valence-electron chi connectivity index (χ2n) is 5.06. The molecular weight excluding hydrogens is 248 g/mol. The lowest BCUT2D eigenvalue weighted by Crippen LogP contribution is -2.29. The van der Waals surface area contributed by atoms with Gasteiger partial charge in [-0.1, -0.05) is 18.5 Å². The van der Waals surface area contributed by atoms with Crippen molar-refractivity contribution in [2.45, 2.75) is 19.8 Å². The van der Waals surface area contributed by atoms with Gasteiger partial charge in [0.05, 0.1) is 12.4 Å².